The monoisotopic (exact) mass is 610 g/mol. The molecule has 9 heteroatoms. The molecule has 0 saturated carbocycles. The zero-order valence-electron chi connectivity index (χ0n) is 24.9. The van der Waals surface area contributed by atoms with Crippen LogP contribution in [0.15, 0.2) is 28.0 Å². The fourth-order valence-corrected chi connectivity index (χ4v) is 7.96. The summed E-state index contributed by atoms with van der Waals surface area (Å²) in [6, 6.07) is 2.36. The van der Waals surface area contributed by atoms with E-state index in [1.807, 2.05) is 0 Å². The highest BCUT2D eigenvalue weighted by atomic mass is 32.2. The van der Waals surface area contributed by atoms with Gasteiger partial charge in [0.2, 0.25) is 0 Å². The molecule has 0 amide bonds. The van der Waals surface area contributed by atoms with Gasteiger partial charge in [-0.2, -0.15) is 13.2 Å². The molecule has 4 nitrogen and oxygen atoms in total. The van der Waals surface area contributed by atoms with Gasteiger partial charge in [-0.3, -0.25) is 0 Å². The van der Waals surface area contributed by atoms with Gasteiger partial charge < -0.3 is 0 Å². The molecule has 0 saturated heterocycles. The number of unbranched alkanes of at least 4 members (excludes halogenated alkanes) is 18. The van der Waals surface area contributed by atoms with Crippen molar-refractivity contribution in [1.29, 1.82) is 0 Å². The second-order valence-electron chi connectivity index (χ2n) is 11.2. The maximum Gasteiger partial charge on any atom is 0.417 e. The normalized spacial score (nSPS) is 12.7. The van der Waals surface area contributed by atoms with Crippen LogP contribution in [0, 0.1) is 0 Å². The first-order chi connectivity index (χ1) is 19.0. The largest absolute Gasteiger partial charge is 0.417 e. The fraction of sp³-hybridized carbons (Fsp3) is 0.806. The average molecular weight is 611 g/mol. The van der Waals surface area contributed by atoms with Crippen LogP contribution in [-0.4, -0.2) is 28.3 Å². The Labute approximate surface area is 242 Å². The van der Waals surface area contributed by atoms with Gasteiger partial charge in [-0.1, -0.05) is 129 Å². The molecule has 0 fully saturated rings. The van der Waals surface area contributed by atoms with E-state index < -0.39 is 41.2 Å². The highest BCUT2D eigenvalue weighted by molar-refractivity contribution is 7.92. The lowest BCUT2D eigenvalue weighted by atomic mass is 10.1. The first-order valence-corrected chi connectivity index (χ1v) is 18.9. The van der Waals surface area contributed by atoms with Gasteiger partial charge in [-0.05, 0) is 31.0 Å². The second-order valence-corrected chi connectivity index (χ2v) is 15.3. The van der Waals surface area contributed by atoms with E-state index in [2.05, 4.69) is 13.8 Å². The third-order valence-electron chi connectivity index (χ3n) is 7.48. The van der Waals surface area contributed by atoms with E-state index in [9.17, 15) is 30.0 Å². The van der Waals surface area contributed by atoms with Crippen LogP contribution in [0.4, 0.5) is 13.2 Å². The molecule has 1 rings (SSSR count). The number of alkyl halides is 3. The van der Waals surface area contributed by atoms with Gasteiger partial charge in [0, 0.05) is 0 Å². The van der Waals surface area contributed by atoms with Crippen LogP contribution >= 0.6 is 0 Å². The topological polar surface area (TPSA) is 68.3 Å². The number of benzene rings is 1. The molecule has 0 atom stereocenters. The SMILES string of the molecule is CCCCCCCCCCCCS(=O)(=O)c1ccc(S(=O)(=O)CCCCCCCCCCCC)c(C(F)(F)F)c1. The van der Waals surface area contributed by atoms with Crippen LogP contribution in [0.5, 0.6) is 0 Å². The third kappa shape index (κ3) is 15.2. The fourth-order valence-electron chi connectivity index (χ4n) is 4.98. The molecule has 0 bridgehead atoms. The summed E-state index contributed by atoms with van der Waals surface area (Å²) in [5, 5.41) is 0. The van der Waals surface area contributed by atoms with Crippen molar-refractivity contribution in [2.75, 3.05) is 11.5 Å². The van der Waals surface area contributed by atoms with Crippen LogP contribution in [0.3, 0.4) is 0 Å². The molecule has 0 aliphatic rings. The molecule has 0 radical (unpaired) electrons. The molecule has 0 N–H and O–H groups in total. The van der Waals surface area contributed by atoms with Crippen molar-refractivity contribution in [2.45, 2.75) is 158 Å². The Hall–Kier alpha value is -1.09. The molecule has 0 aromatic heterocycles. The quantitative estimate of drug-likeness (QED) is 0.109. The van der Waals surface area contributed by atoms with Crippen LogP contribution in [-0.2, 0) is 25.9 Å². The van der Waals surface area contributed by atoms with Gasteiger partial charge in [0.15, 0.2) is 19.7 Å². The van der Waals surface area contributed by atoms with E-state index >= 15 is 0 Å². The number of hydrogen-bond donors (Lipinski definition) is 0. The summed E-state index contributed by atoms with van der Waals surface area (Å²) in [5.41, 5.74) is -1.39. The van der Waals surface area contributed by atoms with E-state index in [1.54, 1.807) is 0 Å². The molecular formula is C31H53F3O4S2. The van der Waals surface area contributed by atoms with Crippen molar-refractivity contribution < 1.29 is 30.0 Å². The van der Waals surface area contributed by atoms with Crippen LogP contribution in [0.1, 0.15) is 148 Å². The number of hydrogen-bond acceptors (Lipinski definition) is 4. The summed E-state index contributed by atoms with van der Waals surface area (Å²) in [4.78, 5) is -1.29. The zero-order valence-corrected chi connectivity index (χ0v) is 26.5. The van der Waals surface area contributed by atoms with Gasteiger partial charge in [0.05, 0.1) is 26.9 Å². The standard InChI is InChI=1S/C31H53F3O4S2/c1-3-5-7-9-11-13-15-17-19-21-25-39(35,36)28-23-24-30(29(27-28)31(32,33)34)40(37,38)26-22-20-18-16-14-12-10-8-6-4-2/h23-24,27H,3-22,25-26H2,1-2H3. The first-order valence-electron chi connectivity index (χ1n) is 15.6. The highest BCUT2D eigenvalue weighted by Gasteiger charge is 2.38. The Morgan fingerprint density at radius 3 is 1.25 bits per heavy atom. The minimum atomic E-state index is -4.97. The minimum absolute atomic E-state index is 0.245. The number of halogens is 3. The van der Waals surface area contributed by atoms with Crippen molar-refractivity contribution >= 4 is 19.7 Å². The van der Waals surface area contributed by atoms with E-state index in [1.165, 1.54) is 57.8 Å². The maximum absolute atomic E-state index is 13.8. The lowest BCUT2D eigenvalue weighted by molar-refractivity contribution is -0.140. The van der Waals surface area contributed by atoms with Crippen molar-refractivity contribution in [3.05, 3.63) is 23.8 Å². The van der Waals surface area contributed by atoms with Gasteiger partial charge >= 0.3 is 6.18 Å². The molecule has 234 valence electrons. The lowest BCUT2D eigenvalue weighted by Gasteiger charge is -2.15. The average Bonchev–Trinajstić information content (AvgIpc) is 2.90. The van der Waals surface area contributed by atoms with E-state index in [4.69, 9.17) is 0 Å². The molecule has 1 aromatic carbocycles. The lowest BCUT2D eigenvalue weighted by Crippen LogP contribution is -2.17. The van der Waals surface area contributed by atoms with Gasteiger partial charge in [-0.15, -0.1) is 0 Å². The van der Waals surface area contributed by atoms with E-state index in [0.29, 0.717) is 25.3 Å². The summed E-state index contributed by atoms with van der Waals surface area (Å²) in [6.45, 7) is 4.34. The first kappa shape index (κ1) is 36.9. The number of sulfone groups is 2. The minimum Gasteiger partial charge on any atom is -0.224 e. The Bertz CT molecular complexity index is 1020. The molecule has 0 aliphatic carbocycles. The zero-order chi connectivity index (χ0) is 29.9. The predicted octanol–water partition coefficient (Wildman–Crippen LogP) is 10.1. The van der Waals surface area contributed by atoms with Gasteiger partial charge in [-0.25, -0.2) is 16.8 Å². The molecule has 0 unspecified atom stereocenters. The maximum atomic E-state index is 13.8. The van der Waals surface area contributed by atoms with E-state index in [0.717, 1.165) is 57.1 Å². The molecular weight excluding hydrogens is 557 g/mol. The molecule has 40 heavy (non-hydrogen) atoms. The Kier molecular flexibility index (Phi) is 18.4. The van der Waals surface area contributed by atoms with Crippen LogP contribution in [0.2, 0.25) is 0 Å². The summed E-state index contributed by atoms with van der Waals surface area (Å²) in [6.07, 6.45) is 15.1. The second kappa shape index (κ2) is 19.9. The summed E-state index contributed by atoms with van der Waals surface area (Å²) in [5.74, 6) is -0.622. The van der Waals surface area contributed by atoms with Crippen LogP contribution in [0.25, 0.3) is 0 Å². The van der Waals surface area contributed by atoms with Crippen molar-refractivity contribution in [2.24, 2.45) is 0 Å². The molecule has 0 heterocycles. The predicted molar refractivity (Wildman–Crippen MR) is 159 cm³/mol. The van der Waals surface area contributed by atoms with Crippen molar-refractivity contribution in [3.8, 4) is 0 Å². The molecule has 0 aliphatic heterocycles. The third-order valence-corrected chi connectivity index (χ3v) is 11.1. The summed E-state index contributed by atoms with van der Waals surface area (Å²) < 4.78 is 92.7. The van der Waals surface area contributed by atoms with Gasteiger partial charge in [0.25, 0.3) is 0 Å². The van der Waals surface area contributed by atoms with Crippen LogP contribution < -0.4 is 0 Å². The highest BCUT2D eigenvalue weighted by Crippen LogP contribution is 2.36. The van der Waals surface area contributed by atoms with E-state index in [-0.39, 0.29) is 17.9 Å². The summed E-state index contributed by atoms with van der Waals surface area (Å²) in [7, 11) is -8.14. The smallest absolute Gasteiger partial charge is 0.224 e. The Morgan fingerprint density at radius 2 is 0.875 bits per heavy atom. The van der Waals surface area contributed by atoms with Gasteiger partial charge in [0.1, 0.15) is 0 Å². The number of rotatable bonds is 24. The molecule has 1 aromatic rings. The van der Waals surface area contributed by atoms with Crippen molar-refractivity contribution in [3.63, 3.8) is 0 Å². The molecule has 0 spiro atoms. The Balaban J connectivity index is 2.62. The Morgan fingerprint density at radius 1 is 0.525 bits per heavy atom. The summed E-state index contributed by atoms with van der Waals surface area (Å²) >= 11 is 0. The van der Waals surface area contributed by atoms with Crippen molar-refractivity contribution in [1.82, 2.24) is 0 Å².